The van der Waals surface area contributed by atoms with Gasteiger partial charge in [-0.3, -0.25) is 0 Å². The fraction of sp³-hybridized carbons (Fsp3) is 0.333. The first kappa shape index (κ1) is 14.4. The summed E-state index contributed by atoms with van der Waals surface area (Å²) in [6, 6.07) is 12.6. The van der Waals surface area contributed by atoms with Crippen molar-refractivity contribution in [1.82, 2.24) is 0 Å². The molecule has 0 aliphatic carbocycles. The Bertz CT molecular complexity index is 585. The molecule has 20 heavy (non-hydrogen) atoms. The van der Waals surface area contributed by atoms with E-state index in [1.54, 1.807) is 0 Å². The number of nitrogens with one attached hydrogen (secondary N) is 1. The molecule has 0 spiro atoms. The largest absolute Gasteiger partial charge is 0.507 e. The maximum absolute atomic E-state index is 9.94. The van der Waals surface area contributed by atoms with Gasteiger partial charge in [0.2, 0.25) is 0 Å². The molecule has 0 radical (unpaired) electrons. The summed E-state index contributed by atoms with van der Waals surface area (Å²) in [5.74, 6) is 0.943. The fourth-order valence-corrected chi connectivity index (χ4v) is 2.24. The van der Waals surface area contributed by atoms with Gasteiger partial charge in [0.25, 0.3) is 0 Å². The Morgan fingerprint density at radius 1 is 1.00 bits per heavy atom. The molecule has 0 bridgehead atoms. The molecule has 0 heterocycles. The first-order valence-corrected chi connectivity index (χ1v) is 7.11. The van der Waals surface area contributed by atoms with Crippen molar-refractivity contribution in [2.45, 2.75) is 40.2 Å². The maximum atomic E-state index is 9.94. The Labute approximate surface area is 121 Å². The van der Waals surface area contributed by atoms with E-state index in [9.17, 15) is 5.11 Å². The number of hydrogen-bond acceptors (Lipinski definition) is 2. The molecular formula is C18H23NO. The third-order valence-electron chi connectivity index (χ3n) is 3.76. The van der Waals surface area contributed by atoms with Crippen molar-refractivity contribution < 1.29 is 5.11 Å². The van der Waals surface area contributed by atoms with Gasteiger partial charge in [-0.05, 0) is 42.5 Å². The minimum Gasteiger partial charge on any atom is -0.507 e. The Kier molecular flexibility index (Phi) is 4.33. The molecule has 0 fully saturated rings. The van der Waals surface area contributed by atoms with E-state index >= 15 is 0 Å². The summed E-state index contributed by atoms with van der Waals surface area (Å²) in [6.45, 7) is 9.02. The van der Waals surface area contributed by atoms with Crippen molar-refractivity contribution in [2.75, 3.05) is 5.32 Å². The molecule has 2 rings (SSSR count). The van der Waals surface area contributed by atoms with Crippen LogP contribution in [0.15, 0.2) is 36.4 Å². The molecule has 2 aromatic rings. The lowest BCUT2D eigenvalue weighted by Crippen LogP contribution is -2.01. The van der Waals surface area contributed by atoms with Crippen LogP contribution in [0.3, 0.4) is 0 Å². The molecule has 0 aliphatic heterocycles. The molecule has 0 aromatic heterocycles. The Hall–Kier alpha value is -1.96. The third kappa shape index (κ3) is 3.13. The van der Waals surface area contributed by atoms with Gasteiger partial charge in [0, 0.05) is 17.8 Å². The van der Waals surface area contributed by atoms with Gasteiger partial charge >= 0.3 is 0 Å². The summed E-state index contributed by atoms with van der Waals surface area (Å²) in [4.78, 5) is 0. The molecule has 2 aromatic carbocycles. The van der Waals surface area contributed by atoms with Gasteiger partial charge in [-0.2, -0.15) is 0 Å². The van der Waals surface area contributed by atoms with Crippen molar-refractivity contribution in [1.29, 1.82) is 0 Å². The van der Waals surface area contributed by atoms with Gasteiger partial charge in [0.15, 0.2) is 0 Å². The monoisotopic (exact) mass is 269 g/mol. The van der Waals surface area contributed by atoms with Crippen LogP contribution in [0.2, 0.25) is 0 Å². The van der Waals surface area contributed by atoms with Crippen LogP contribution in [0.5, 0.6) is 5.75 Å². The van der Waals surface area contributed by atoms with E-state index in [-0.39, 0.29) is 0 Å². The van der Waals surface area contributed by atoms with Gasteiger partial charge in [0.05, 0.1) is 0 Å². The Morgan fingerprint density at radius 2 is 1.65 bits per heavy atom. The topological polar surface area (TPSA) is 32.3 Å². The predicted molar refractivity (Wildman–Crippen MR) is 85.4 cm³/mol. The van der Waals surface area contributed by atoms with E-state index in [1.165, 1.54) is 11.1 Å². The number of anilines is 1. The molecule has 0 atom stereocenters. The van der Waals surface area contributed by atoms with Crippen LogP contribution in [-0.2, 0) is 6.54 Å². The average Bonchev–Trinajstić information content (AvgIpc) is 2.44. The van der Waals surface area contributed by atoms with Crippen LogP contribution < -0.4 is 5.32 Å². The average molecular weight is 269 g/mol. The number of rotatable bonds is 4. The van der Waals surface area contributed by atoms with Crippen molar-refractivity contribution in [3.63, 3.8) is 0 Å². The van der Waals surface area contributed by atoms with E-state index in [1.807, 2.05) is 26.0 Å². The summed E-state index contributed by atoms with van der Waals surface area (Å²) < 4.78 is 0. The summed E-state index contributed by atoms with van der Waals surface area (Å²) in [5.41, 5.74) is 5.41. The molecule has 2 nitrogen and oxygen atoms in total. The second-order valence-electron chi connectivity index (χ2n) is 5.65. The standard InChI is InChI=1S/C18H23NO/c1-12(2)16-8-6-15(7-9-16)11-19-17-10-5-13(3)18(20)14(17)4/h5-10,12,19-20H,11H2,1-4H3. The number of phenols is 1. The Balaban J connectivity index is 2.07. The highest BCUT2D eigenvalue weighted by atomic mass is 16.3. The van der Waals surface area contributed by atoms with Gasteiger partial charge in [-0.1, -0.05) is 44.2 Å². The van der Waals surface area contributed by atoms with Crippen LogP contribution in [0, 0.1) is 13.8 Å². The van der Waals surface area contributed by atoms with Crippen molar-refractivity contribution in [3.8, 4) is 5.75 Å². The number of aryl methyl sites for hydroxylation is 1. The first-order chi connectivity index (χ1) is 9.49. The van der Waals surface area contributed by atoms with Gasteiger partial charge in [-0.25, -0.2) is 0 Å². The van der Waals surface area contributed by atoms with Crippen LogP contribution >= 0.6 is 0 Å². The summed E-state index contributed by atoms with van der Waals surface area (Å²) in [5, 5.41) is 13.3. The predicted octanol–water partition coefficient (Wildman–Crippen LogP) is 4.74. The zero-order valence-corrected chi connectivity index (χ0v) is 12.7. The number of phenolic OH excluding ortho intramolecular Hbond substituents is 1. The van der Waals surface area contributed by atoms with Crippen molar-refractivity contribution in [2.24, 2.45) is 0 Å². The number of aromatic hydroxyl groups is 1. The second kappa shape index (κ2) is 6.00. The van der Waals surface area contributed by atoms with Crippen LogP contribution in [-0.4, -0.2) is 5.11 Å². The summed E-state index contributed by atoms with van der Waals surface area (Å²) in [7, 11) is 0. The Morgan fingerprint density at radius 3 is 2.25 bits per heavy atom. The molecule has 0 saturated heterocycles. The van der Waals surface area contributed by atoms with Crippen LogP contribution in [0.1, 0.15) is 42.0 Å². The van der Waals surface area contributed by atoms with Crippen molar-refractivity contribution in [3.05, 3.63) is 58.7 Å². The quantitative estimate of drug-likeness (QED) is 0.840. The van der Waals surface area contributed by atoms with Crippen molar-refractivity contribution >= 4 is 5.69 Å². The van der Waals surface area contributed by atoms with Gasteiger partial charge in [0.1, 0.15) is 5.75 Å². The highest BCUT2D eigenvalue weighted by molar-refractivity contribution is 5.59. The number of benzene rings is 2. The lowest BCUT2D eigenvalue weighted by atomic mass is 10.0. The van der Waals surface area contributed by atoms with Crippen LogP contribution in [0.4, 0.5) is 5.69 Å². The van der Waals surface area contributed by atoms with Crippen LogP contribution in [0.25, 0.3) is 0 Å². The maximum Gasteiger partial charge on any atom is 0.123 e. The molecule has 106 valence electrons. The molecule has 0 saturated carbocycles. The van der Waals surface area contributed by atoms with Gasteiger partial charge < -0.3 is 10.4 Å². The summed E-state index contributed by atoms with van der Waals surface area (Å²) >= 11 is 0. The molecule has 2 heteroatoms. The highest BCUT2D eigenvalue weighted by Crippen LogP contribution is 2.28. The zero-order valence-electron chi connectivity index (χ0n) is 12.7. The lowest BCUT2D eigenvalue weighted by Gasteiger charge is -2.13. The fourth-order valence-electron chi connectivity index (χ4n) is 2.24. The molecule has 2 N–H and O–H groups in total. The van der Waals surface area contributed by atoms with E-state index in [0.717, 1.165) is 23.4 Å². The van der Waals surface area contributed by atoms with E-state index in [4.69, 9.17) is 0 Å². The molecular weight excluding hydrogens is 246 g/mol. The molecule has 0 unspecified atom stereocenters. The minimum absolute atomic E-state index is 0.380. The van der Waals surface area contributed by atoms with Gasteiger partial charge in [-0.15, -0.1) is 0 Å². The summed E-state index contributed by atoms with van der Waals surface area (Å²) in [6.07, 6.45) is 0. The van der Waals surface area contributed by atoms with E-state index < -0.39 is 0 Å². The normalized spacial score (nSPS) is 10.8. The smallest absolute Gasteiger partial charge is 0.123 e. The van der Waals surface area contributed by atoms with E-state index in [0.29, 0.717) is 11.7 Å². The second-order valence-corrected chi connectivity index (χ2v) is 5.65. The van der Waals surface area contributed by atoms with E-state index in [2.05, 4.69) is 43.4 Å². The lowest BCUT2D eigenvalue weighted by molar-refractivity contribution is 0.467. The molecule has 0 amide bonds. The third-order valence-corrected chi connectivity index (χ3v) is 3.76. The molecule has 0 aliphatic rings. The SMILES string of the molecule is Cc1ccc(NCc2ccc(C(C)C)cc2)c(C)c1O. The number of hydrogen-bond donors (Lipinski definition) is 2. The first-order valence-electron chi connectivity index (χ1n) is 7.11. The highest BCUT2D eigenvalue weighted by Gasteiger charge is 2.06. The zero-order chi connectivity index (χ0) is 14.7. The minimum atomic E-state index is 0.380.